The molecule has 2 N–H and O–H groups in total. The van der Waals surface area contributed by atoms with Gasteiger partial charge in [0, 0.05) is 4.90 Å². The minimum absolute atomic E-state index is 0.119. The predicted octanol–water partition coefficient (Wildman–Crippen LogP) is 2.51. The molecule has 0 fully saturated rings. The van der Waals surface area contributed by atoms with Crippen LogP contribution in [-0.2, 0) is 4.74 Å². The molecule has 20 heavy (non-hydrogen) atoms. The monoisotopic (exact) mass is 309 g/mol. The minimum Gasteiger partial charge on any atom is -0.479 e. The van der Waals surface area contributed by atoms with Gasteiger partial charge in [-0.1, -0.05) is 12.1 Å². The number of benzene rings is 1. The van der Waals surface area contributed by atoms with Crippen LogP contribution in [0.2, 0.25) is 0 Å². The van der Waals surface area contributed by atoms with Crippen molar-refractivity contribution >= 4 is 40.1 Å². The first-order chi connectivity index (χ1) is 9.60. The number of hydrogen-bond donors (Lipinski definition) is 2. The normalized spacial score (nSPS) is 17.8. The Morgan fingerprint density at radius 3 is 2.75 bits per heavy atom. The van der Waals surface area contributed by atoms with Crippen molar-refractivity contribution in [1.82, 2.24) is 10.7 Å². The lowest BCUT2D eigenvalue weighted by molar-refractivity contribution is 0.239. The number of ether oxygens (including phenoxy) is 1. The van der Waals surface area contributed by atoms with Gasteiger partial charge in [-0.15, -0.1) is 0 Å². The Morgan fingerprint density at radius 1 is 1.45 bits per heavy atom. The van der Waals surface area contributed by atoms with Crippen LogP contribution in [-0.4, -0.2) is 28.8 Å². The van der Waals surface area contributed by atoms with E-state index in [0.29, 0.717) is 11.0 Å². The molecule has 0 saturated carbocycles. The Labute approximate surface area is 127 Å². The third-order valence-corrected chi connectivity index (χ3v) is 3.81. The summed E-state index contributed by atoms with van der Waals surface area (Å²) in [6.45, 7) is 4.37. The molecule has 1 atom stereocenters. The highest BCUT2D eigenvalue weighted by Crippen LogP contribution is 2.21. The van der Waals surface area contributed by atoms with Gasteiger partial charge in [0.25, 0.3) is 0 Å². The summed E-state index contributed by atoms with van der Waals surface area (Å²) in [7, 11) is 0. The van der Waals surface area contributed by atoms with Crippen molar-refractivity contribution in [3.63, 3.8) is 0 Å². The summed E-state index contributed by atoms with van der Waals surface area (Å²) in [4.78, 5) is 12.1. The van der Waals surface area contributed by atoms with Crippen molar-refractivity contribution in [3.05, 3.63) is 29.8 Å². The van der Waals surface area contributed by atoms with Crippen molar-refractivity contribution in [2.45, 2.75) is 24.8 Å². The van der Waals surface area contributed by atoms with Gasteiger partial charge >= 0.3 is 6.03 Å². The van der Waals surface area contributed by atoms with E-state index in [4.69, 9.17) is 17.0 Å². The van der Waals surface area contributed by atoms with Crippen molar-refractivity contribution in [1.29, 1.82) is 0 Å². The van der Waals surface area contributed by atoms with Crippen LogP contribution >= 0.6 is 24.0 Å². The molecular formula is C13H15N3O2S2. The summed E-state index contributed by atoms with van der Waals surface area (Å²) < 4.78 is 5.75. The zero-order valence-electron chi connectivity index (χ0n) is 11.2. The smallest absolute Gasteiger partial charge is 0.335 e. The van der Waals surface area contributed by atoms with E-state index in [1.54, 1.807) is 0 Å². The SMILES string of the molecule is CCOC(=S)Sc1ccc(C2=NNC(=O)NC2C)cc1. The van der Waals surface area contributed by atoms with Crippen molar-refractivity contribution in [2.24, 2.45) is 5.10 Å². The van der Waals surface area contributed by atoms with Gasteiger partial charge in [-0.2, -0.15) is 5.10 Å². The third kappa shape index (κ3) is 3.71. The molecule has 0 bridgehead atoms. The van der Waals surface area contributed by atoms with E-state index in [9.17, 15) is 4.79 Å². The van der Waals surface area contributed by atoms with Crippen LogP contribution in [0.4, 0.5) is 4.79 Å². The van der Waals surface area contributed by atoms with Gasteiger partial charge in [-0.25, -0.2) is 10.2 Å². The predicted molar refractivity (Wildman–Crippen MR) is 84.2 cm³/mol. The molecule has 1 heterocycles. The number of nitrogens with zero attached hydrogens (tertiary/aromatic N) is 1. The lowest BCUT2D eigenvalue weighted by Crippen LogP contribution is -2.48. The highest BCUT2D eigenvalue weighted by molar-refractivity contribution is 8.22. The average Bonchev–Trinajstić information content (AvgIpc) is 2.40. The van der Waals surface area contributed by atoms with E-state index < -0.39 is 0 Å². The first kappa shape index (κ1) is 14.8. The maximum Gasteiger partial charge on any atom is 0.335 e. The molecule has 5 nitrogen and oxygen atoms in total. The van der Waals surface area contributed by atoms with Gasteiger partial charge in [0.05, 0.1) is 18.4 Å². The molecule has 2 rings (SSSR count). The second-order valence-corrected chi connectivity index (χ2v) is 5.79. The molecule has 1 aromatic carbocycles. The van der Waals surface area contributed by atoms with E-state index in [-0.39, 0.29) is 12.1 Å². The number of thioether (sulfide) groups is 1. The van der Waals surface area contributed by atoms with E-state index >= 15 is 0 Å². The topological polar surface area (TPSA) is 62.7 Å². The van der Waals surface area contributed by atoms with Gasteiger partial charge in [0.15, 0.2) is 0 Å². The fourth-order valence-corrected chi connectivity index (χ4v) is 2.80. The largest absolute Gasteiger partial charge is 0.479 e. The molecule has 0 saturated heterocycles. The highest BCUT2D eigenvalue weighted by Gasteiger charge is 2.20. The molecule has 106 valence electrons. The number of carbonyl (C=O) groups is 1. The molecule has 0 radical (unpaired) electrons. The number of amides is 2. The molecular weight excluding hydrogens is 294 g/mol. The lowest BCUT2D eigenvalue weighted by Gasteiger charge is -2.21. The van der Waals surface area contributed by atoms with Gasteiger partial charge in [-0.3, -0.25) is 0 Å². The van der Waals surface area contributed by atoms with Crippen LogP contribution < -0.4 is 10.7 Å². The summed E-state index contributed by atoms with van der Waals surface area (Å²) in [5.74, 6) is 0. The molecule has 1 aliphatic heterocycles. The van der Waals surface area contributed by atoms with E-state index in [1.807, 2.05) is 38.1 Å². The van der Waals surface area contributed by atoms with E-state index in [1.165, 1.54) is 11.8 Å². The molecule has 2 amide bonds. The number of hydrogen-bond acceptors (Lipinski definition) is 5. The van der Waals surface area contributed by atoms with Crippen molar-refractivity contribution < 1.29 is 9.53 Å². The number of urea groups is 1. The minimum atomic E-state index is -0.282. The maximum absolute atomic E-state index is 11.1. The van der Waals surface area contributed by atoms with Crippen LogP contribution in [0.1, 0.15) is 19.4 Å². The fraction of sp³-hybridized carbons (Fsp3) is 0.308. The van der Waals surface area contributed by atoms with Crippen LogP contribution in [0.25, 0.3) is 0 Å². The highest BCUT2D eigenvalue weighted by atomic mass is 32.2. The standard InChI is InChI=1S/C13H15N3O2S2/c1-3-18-13(19)20-10-6-4-9(5-7-10)11-8(2)14-12(17)16-15-11/h4-8H,3H2,1-2H3,(H2,14,16,17). The Morgan fingerprint density at radius 2 is 2.15 bits per heavy atom. The first-order valence-electron chi connectivity index (χ1n) is 6.19. The zero-order chi connectivity index (χ0) is 14.5. The second kappa shape index (κ2) is 6.71. The summed E-state index contributed by atoms with van der Waals surface area (Å²) >= 11 is 6.49. The fourth-order valence-electron chi connectivity index (χ4n) is 1.76. The quantitative estimate of drug-likeness (QED) is 0.665. The maximum atomic E-state index is 11.1. The summed E-state index contributed by atoms with van der Waals surface area (Å²) in [5, 5.41) is 6.84. The van der Waals surface area contributed by atoms with Crippen molar-refractivity contribution in [2.75, 3.05) is 6.61 Å². The number of hydrazone groups is 1. The number of carbonyl (C=O) groups excluding carboxylic acids is 1. The van der Waals surface area contributed by atoms with Crippen LogP contribution in [0.15, 0.2) is 34.3 Å². The van der Waals surface area contributed by atoms with E-state index in [2.05, 4.69) is 15.8 Å². The summed E-state index contributed by atoms with van der Waals surface area (Å²) in [5.41, 5.74) is 4.17. The first-order valence-corrected chi connectivity index (χ1v) is 7.41. The van der Waals surface area contributed by atoms with Crippen LogP contribution in [0.5, 0.6) is 0 Å². The van der Waals surface area contributed by atoms with Gasteiger partial charge in [0.2, 0.25) is 4.38 Å². The Bertz CT molecular complexity index is 543. The number of thiocarbonyl (C=S) groups is 1. The zero-order valence-corrected chi connectivity index (χ0v) is 12.8. The van der Waals surface area contributed by atoms with Gasteiger partial charge in [0.1, 0.15) is 0 Å². The van der Waals surface area contributed by atoms with Gasteiger partial charge in [-0.05, 0) is 55.5 Å². The van der Waals surface area contributed by atoms with Gasteiger partial charge < -0.3 is 10.1 Å². The third-order valence-electron chi connectivity index (χ3n) is 2.65. The molecule has 1 unspecified atom stereocenters. The van der Waals surface area contributed by atoms with E-state index in [0.717, 1.165) is 16.2 Å². The Kier molecular flexibility index (Phi) is 4.97. The average molecular weight is 309 g/mol. The number of nitrogens with one attached hydrogen (secondary N) is 2. The van der Waals surface area contributed by atoms with Crippen LogP contribution in [0, 0.1) is 0 Å². The Hall–Kier alpha value is -1.60. The molecule has 0 spiro atoms. The van der Waals surface area contributed by atoms with Crippen molar-refractivity contribution in [3.8, 4) is 0 Å². The molecule has 0 aromatic heterocycles. The Balaban J connectivity index is 2.08. The molecule has 1 aliphatic rings. The second-order valence-electron chi connectivity index (χ2n) is 4.11. The summed E-state index contributed by atoms with van der Waals surface area (Å²) in [6, 6.07) is 7.41. The molecule has 7 heteroatoms. The molecule has 0 aliphatic carbocycles. The van der Waals surface area contributed by atoms with Crippen LogP contribution in [0.3, 0.4) is 0 Å². The lowest BCUT2D eigenvalue weighted by atomic mass is 10.0. The molecule has 1 aromatic rings. The number of rotatable bonds is 3. The summed E-state index contributed by atoms with van der Waals surface area (Å²) in [6.07, 6.45) is 0.